The monoisotopic (exact) mass is 323 g/mol. The molecule has 0 bridgehead atoms. The highest BCUT2D eigenvalue weighted by molar-refractivity contribution is 5.68. The standard InChI is InChI=1S/C17H29N3O3/c1-5-14-11-19-15(22-14)12-18-10-13-8-6-7-9-20(13)16(21)23-17(2,3)4/h11,13,18H,5-10,12H2,1-4H3. The first-order valence-electron chi connectivity index (χ1n) is 8.53. The highest BCUT2D eigenvalue weighted by Gasteiger charge is 2.30. The molecular formula is C17H29N3O3. The van der Waals surface area contributed by atoms with Crippen LogP contribution in [0.25, 0.3) is 0 Å². The van der Waals surface area contributed by atoms with Gasteiger partial charge in [-0.3, -0.25) is 0 Å². The van der Waals surface area contributed by atoms with Crippen LogP contribution in [-0.2, 0) is 17.7 Å². The SMILES string of the molecule is CCc1cnc(CNCC2CCCCN2C(=O)OC(C)(C)C)o1. The Morgan fingerprint density at radius 2 is 2.26 bits per heavy atom. The zero-order chi connectivity index (χ0) is 16.9. The maximum Gasteiger partial charge on any atom is 0.410 e. The minimum absolute atomic E-state index is 0.166. The summed E-state index contributed by atoms with van der Waals surface area (Å²) >= 11 is 0. The van der Waals surface area contributed by atoms with E-state index in [1.165, 1.54) is 0 Å². The molecule has 1 fully saturated rings. The van der Waals surface area contributed by atoms with Crippen molar-refractivity contribution >= 4 is 6.09 Å². The number of hydrogen-bond donors (Lipinski definition) is 1. The molecule has 0 radical (unpaired) electrons. The van der Waals surface area contributed by atoms with Crippen molar-refractivity contribution in [3.05, 3.63) is 17.8 Å². The fourth-order valence-electron chi connectivity index (χ4n) is 2.71. The molecule has 1 aromatic heterocycles. The van der Waals surface area contributed by atoms with Gasteiger partial charge in [-0.1, -0.05) is 6.92 Å². The van der Waals surface area contributed by atoms with Crippen LogP contribution in [0.5, 0.6) is 0 Å². The van der Waals surface area contributed by atoms with Gasteiger partial charge in [0.25, 0.3) is 0 Å². The molecule has 1 aliphatic heterocycles. The Bertz CT molecular complexity index is 507. The van der Waals surface area contributed by atoms with Crippen molar-refractivity contribution in [3.63, 3.8) is 0 Å². The highest BCUT2D eigenvalue weighted by Crippen LogP contribution is 2.20. The number of amides is 1. The van der Waals surface area contributed by atoms with E-state index in [4.69, 9.17) is 9.15 Å². The number of nitrogens with one attached hydrogen (secondary N) is 1. The third-order valence-electron chi connectivity index (χ3n) is 3.86. The van der Waals surface area contributed by atoms with E-state index in [2.05, 4.69) is 10.3 Å². The summed E-state index contributed by atoms with van der Waals surface area (Å²) in [6.07, 6.45) is 5.58. The largest absolute Gasteiger partial charge is 0.444 e. The van der Waals surface area contributed by atoms with Gasteiger partial charge < -0.3 is 19.4 Å². The van der Waals surface area contributed by atoms with Crippen molar-refractivity contribution in [1.29, 1.82) is 0 Å². The lowest BCUT2D eigenvalue weighted by atomic mass is 10.0. The van der Waals surface area contributed by atoms with E-state index in [-0.39, 0.29) is 12.1 Å². The Kier molecular flexibility index (Phi) is 6.04. The molecule has 0 spiro atoms. The molecule has 1 atom stereocenters. The molecular weight excluding hydrogens is 294 g/mol. The number of likely N-dealkylation sites (tertiary alicyclic amines) is 1. The number of ether oxygens (including phenoxy) is 1. The van der Waals surface area contributed by atoms with Crippen LogP contribution < -0.4 is 5.32 Å². The Morgan fingerprint density at radius 3 is 2.91 bits per heavy atom. The number of aryl methyl sites for hydroxylation is 1. The fraction of sp³-hybridized carbons (Fsp3) is 0.765. The quantitative estimate of drug-likeness (QED) is 0.902. The molecule has 6 heteroatoms. The maximum absolute atomic E-state index is 12.3. The summed E-state index contributed by atoms with van der Waals surface area (Å²) in [5.74, 6) is 1.59. The van der Waals surface area contributed by atoms with Crippen LogP contribution in [-0.4, -0.2) is 40.7 Å². The number of nitrogens with zero attached hydrogens (tertiary/aromatic N) is 2. The number of carbonyl (C=O) groups excluding carboxylic acids is 1. The second-order valence-electron chi connectivity index (χ2n) is 7.03. The Labute approximate surface area is 138 Å². The van der Waals surface area contributed by atoms with Gasteiger partial charge in [-0.2, -0.15) is 0 Å². The van der Waals surface area contributed by atoms with E-state index >= 15 is 0 Å². The zero-order valence-corrected chi connectivity index (χ0v) is 14.7. The molecule has 1 aliphatic rings. The van der Waals surface area contributed by atoms with Gasteiger partial charge in [-0.15, -0.1) is 0 Å². The second kappa shape index (κ2) is 7.81. The maximum atomic E-state index is 12.3. The fourth-order valence-corrected chi connectivity index (χ4v) is 2.71. The van der Waals surface area contributed by atoms with Gasteiger partial charge in [0.1, 0.15) is 11.4 Å². The molecule has 1 aromatic rings. The van der Waals surface area contributed by atoms with Crippen molar-refractivity contribution < 1.29 is 13.9 Å². The van der Waals surface area contributed by atoms with E-state index in [9.17, 15) is 4.79 Å². The topological polar surface area (TPSA) is 67.6 Å². The van der Waals surface area contributed by atoms with Gasteiger partial charge >= 0.3 is 6.09 Å². The highest BCUT2D eigenvalue weighted by atomic mass is 16.6. The first-order valence-corrected chi connectivity index (χ1v) is 8.53. The average molecular weight is 323 g/mol. The summed E-state index contributed by atoms with van der Waals surface area (Å²) in [6, 6.07) is 0.166. The van der Waals surface area contributed by atoms with Crippen molar-refractivity contribution in [2.75, 3.05) is 13.1 Å². The molecule has 1 unspecified atom stereocenters. The minimum Gasteiger partial charge on any atom is -0.444 e. The van der Waals surface area contributed by atoms with Gasteiger partial charge in [0, 0.05) is 25.6 Å². The van der Waals surface area contributed by atoms with Crippen LogP contribution in [0.4, 0.5) is 4.79 Å². The van der Waals surface area contributed by atoms with Gasteiger partial charge in [0.2, 0.25) is 5.89 Å². The summed E-state index contributed by atoms with van der Waals surface area (Å²) < 4.78 is 11.1. The number of piperidine rings is 1. The van der Waals surface area contributed by atoms with Crippen LogP contribution >= 0.6 is 0 Å². The van der Waals surface area contributed by atoms with Crippen molar-refractivity contribution in [3.8, 4) is 0 Å². The molecule has 1 amide bonds. The van der Waals surface area contributed by atoms with Crippen molar-refractivity contribution in [2.24, 2.45) is 0 Å². The molecule has 130 valence electrons. The lowest BCUT2D eigenvalue weighted by Gasteiger charge is -2.36. The molecule has 2 rings (SSSR count). The van der Waals surface area contributed by atoms with E-state index in [1.807, 2.05) is 32.6 Å². The number of carbonyl (C=O) groups is 1. The third kappa shape index (κ3) is 5.53. The smallest absolute Gasteiger partial charge is 0.410 e. The summed E-state index contributed by atoms with van der Waals surface area (Å²) in [7, 11) is 0. The normalized spacial score (nSPS) is 19.0. The first kappa shape index (κ1) is 17.8. The number of hydrogen-bond acceptors (Lipinski definition) is 5. The molecule has 23 heavy (non-hydrogen) atoms. The molecule has 0 aromatic carbocycles. The lowest BCUT2D eigenvalue weighted by Crippen LogP contribution is -2.50. The van der Waals surface area contributed by atoms with Crippen LogP contribution in [0.3, 0.4) is 0 Å². The summed E-state index contributed by atoms with van der Waals surface area (Å²) in [6.45, 7) is 9.81. The predicted molar refractivity (Wildman–Crippen MR) is 88.2 cm³/mol. The predicted octanol–water partition coefficient (Wildman–Crippen LogP) is 3.12. The summed E-state index contributed by atoms with van der Waals surface area (Å²) in [5, 5.41) is 3.35. The molecule has 1 N–H and O–H groups in total. The van der Waals surface area contributed by atoms with E-state index in [0.717, 1.165) is 44.5 Å². The van der Waals surface area contributed by atoms with Crippen LogP contribution in [0, 0.1) is 0 Å². The molecule has 0 aliphatic carbocycles. The van der Waals surface area contributed by atoms with Crippen LogP contribution in [0.1, 0.15) is 58.6 Å². The van der Waals surface area contributed by atoms with Crippen molar-refractivity contribution in [1.82, 2.24) is 15.2 Å². The zero-order valence-electron chi connectivity index (χ0n) is 14.7. The Balaban J connectivity index is 1.84. The molecule has 2 heterocycles. The minimum atomic E-state index is -0.457. The number of oxazole rings is 1. The second-order valence-corrected chi connectivity index (χ2v) is 7.03. The number of aromatic nitrogens is 1. The summed E-state index contributed by atoms with van der Waals surface area (Å²) in [5.41, 5.74) is -0.457. The first-order chi connectivity index (χ1) is 10.9. The number of rotatable bonds is 5. The van der Waals surface area contributed by atoms with Crippen LogP contribution in [0.15, 0.2) is 10.6 Å². The van der Waals surface area contributed by atoms with E-state index in [0.29, 0.717) is 12.4 Å². The summed E-state index contributed by atoms with van der Waals surface area (Å²) in [4.78, 5) is 18.4. The van der Waals surface area contributed by atoms with E-state index in [1.54, 1.807) is 6.20 Å². The van der Waals surface area contributed by atoms with E-state index < -0.39 is 5.60 Å². The van der Waals surface area contributed by atoms with Gasteiger partial charge in [-0.25, -0.2) is 9.78 Å². The van der Waals surface area contributed by atoms with Gasteiger partial charge in [-0.05, 0) is 40.0 Å². The molecule has 6 nitrogen and oxygen atoms in total. The Morgan fingerprint density at radius 1 is 1.48 bits per heavy atom. The lowest BCUT2D eigenvalue weighted by molar-refractivity contribution is 0.00989. The van der Waals surface area contributed by atoms with Gasteiger partial charge in [0.15, 0.2) is 0 Å². The Hall–Kier alpha value is -1.56. The van der Waals surface area contributed by atoms with Crippen molar-refractivity contribution in [2.45, 2.75) is 71.6 Å². The van der Waals surface area contributed by atoms with Crippen LogP contribution in [0.2, 0.25) is 0 Å². The molecule has 1 saturated heterocycles. The van der Waals surface area contributed by atoms with Gasteiger partial charge in [0.05, 0.1) is 12.7 Å². The molecule has 0 saturated carbocycles. The average Bonchev–Trinajstić information content (AvgIpc) is 2.94. The third-order valence-corrected chi connectivity index (χ3v) is 3.86.